The van der Waals surface area contributed by atoms with Crippen molar-refractivity contribution >= 4 is 10.0 Å². The number of nitrogens with zero attached hydrogens (tertiary/aromatic N) is 4. The molecule has 0 saturated carbocycles. The molecule has 0 spiro atoms. The molecule has 1 fully saturated rings. The summed E-state index contributed by atoms with van der Waals surface area (Å²) in [6.07, 6.45) is 6.95. The van der Waals surface area contributed by atoms with E-state index in [4.69, 9.17) is 0 Å². The van der Waals surface area contributed by atoms with E-state index < -0.39 is 10.0 Å². The van der Waals surface area contributed by atoms with Crippen LogP contribution in [0, 0.1) is 6.92 Å². The second-order valence-corrected chi connectivity index (χ2v) is 8.72. The molecule has 6 nitrogen and oxygen atoms in total. The zero-order valence-electron chi connectivity index (χ0n) is 15.2. The first kappa shape index (κ1) is 17.9. The second kappa shape index (κ2) is 7.25. The van der Waals surface area contributed by atoms with E-state index in [0.29, 0.717) is 18.0 Å². The highest BCUT2D eigenvalue weighted by molar-refractivity contribution is 7.89. The third-order valence-corrected chi connectivity index (χ3v) is 6.98. The number of imidazole rings is 1. The highest BCUT2D eigenvalue weighted by Gasteiger charge is 2.31. The Hall–Kier alpha value is -2.51. The van der Waals surface area contributed by atoms with E-state index in [9.17, 15) is 8.42 Å². The number of pyridine rings is 1. The molecule has 4 rings (SSSR count). The van der Waals surface area contributed by atoms with Gasteiger partial charge < -0.3 is 4.57 Å². The third kappa shape index (κ3) is 3.40. The first-order valence-electron chi connectivity index (χ1n) is 9.07. The maximum atomic E-state index is 12.8. The lowest BCUT2D eigenvalue weighted by Gasteiger charge is -2.33. The maximum Gasteiger partial charge on any atom is 0.243 e. The predicted octanol–water partition coefficient (Wildman–Crippen LogP) is 3.28. The molecule has 1 aliphatic heterocycles. The topological polar surface area (TPSA) is 68.1 Å². The number of hydrogen-bond acceptors (Lipinski definition) is 4. The quantitative estimate of drug-likeness (QED) is 0.694. The molecule has 3 heterocycles. The van der Waals surface area contributed by atoms with E-state index in [2.05, 4.69) is 14.5 Å². The van der Waals surface area contributed by atoms with Crippen LogP contribution in [0.5, 0.6) is 0 Å². The molecule has 0 unspecified atom stereocenters. The highest BCUT2D eigenvalue weighted by atomic mass is 32.2. The summed E-state index contributed by atoms with van der Waals surface area (Å²) in [7, 11) is -3.43. The van der Waals surface area contributed by atoms with Crippen LogP contribution in [0.25, 0.3) is 11.4 Å². The van der Waals surface area contributed by atoms with Crippen LogP contribution in [0.2, 0.25) is 0 Å². The minimum absolute atomic E-state index is 0.227. The van der Waals surface area contributed by atoms with Gasteiger partial charge in [0.1, 0.15) is 5.82 Å². The van der Waals surface area contributed by atoms with Crippen molar-refractivity contribution in [1.82, 2.24) is 18.8 Å². The van der Waals surface area contributed by atoms with Gasteiger partial charge in [0.2, 0.25) is 10.0 Å². The Morgan fingerprint density at radius 2 is 1.74 bits per heavy atom. The highest BCUT2D eigenvalue weighted by Crippen LogP contribution is 2.31. The predicted molar refractivity (Wildman–Crippen MR) is 104 cm³/mol. The van der Waals surface area contributed by atoms with E-state index in [1.165, 1.54) is 0 Å². The molecular weight excluding hydrogens is 360 g/mol. The third-order valence-electron chi connectivity index (χ3n) is 5.07. The first-order chi connectivity index (χ1) is 13.1. The molecule has 140 valence electrons. The van der Waals surface area contributed by atoms with Crippen LogP contribution in [0.3, 0.4) is 0 Å². The first-order valence-corrected chi connectivity index (χ1v) is 10.5. The summed E-state index contributed by atoms with van der Waals surface area (Å²) in [5.41, 5.74) is 2.06. The number of benzene rings is 1. The molecular formula is C20H22N4O2S. The lowest BCUT2D eigenvalue weighted by Crippen LogP contribution is -2.39. The van der Waals surface area contributed by atoms with Gasteiger partial charge in [0, 0.05) is 49.0 Å². The summed E-state index contributed by atoms with van der Waals surface area (Å²) in [5.74, 6) is 0.893. The normalized spacial score (nSPS) is 16.5. The lowest BCUT2D eigenvalue weighted by atomic mass is 10.1. The Bertz CT molecular complexity index is 1010. The van der Waals surface area contributed by atoms with Gasteiger partial charge in [0.05, 0.1) is 4.90 Å². The van der Waals surface area contributed by atoms with E-state index in [1.807, 2.05) is 37.5 Å². The summed E-state index contributed by atoms with van der Waals surface area (Å²) in [6.45, 7) is 3.05. The molecule has 1 aliphatic rings. The molecule has 0 radical (unpaired) electrons. The average Bonchev–Trinajstić information content (AvgIpc) is 3.11. The molecule has 0 amide bonds. The van der Waals surface area contributed by atoms with Crippen molar-refractivity contribution < 1.29 is 8.42 Å². The summed E-state index contributed by atoms with van der Waals surface area (Å²) < 4.78 is 29.5. The lowest BCUT2D eigenvalue weighted by molar-refractivity contribution is 0.273. The Kier molecular flexibility index (Phi) is 4.80. The Balaban J connectivity index is 1.55. The zero-order chi connectivity index (χ0) is 18.9. The van der Waals surface area contributed by atoms with Gasteiger partial charge in [-0.2, -0.15) is 4.31 Å². The van der Waals surface area contributed by atoms with Crippen molar-refractivity contribution in [3.05, 3.63) is 66.7 Å². The van der Waals surface area contributed by atoms with E-state index in [1.54, 1.807) is 34.8 Å². The Morgan fingerprint density at radius 1 is 1.00 bits per heavy atom. The SMILES string of the molecule is Cc1cnc(-c2cccnc2)n1C1CCN(S(=O)(=O)c2ccccc2)CC1. The van der Waals surface area contributed by atoms with Gasteiger partial charge in [0.15, 0.2) is 0 Å². The maximum absolute atomic E-state index is 12.8. The largest absolute Gasteiger partial charge is 0.325 e. The van der Waals surface area contributed by atoms with Crippen LogP contribution in [-0.4, -0.2) is 40.3 Å². The summed E-state index contributed by atoms with van der Waals surface area (Å²) in [5, 5.41) is 0. The molecule has 0 bridgehead atoms. The van der Waals surface area contributed by atoms with Crippen molar-refractivity contribution in [2.45, 2.75) is 30.7 Å². The molecule has 0 aliphatic carbocycles. The van der Waals surface area contributed by atoms with Crippen LogP contribution in [0.4, 0.5) is 0 Å². The number of sulfonamides is 1. The average molecular weight is 382 g/mol. The van der Waals surface area contributed by atoms with Crippen LogP contribution in [0.15, 0.2) is 66.0 Å². The number of aryl methyl sites for hydroxylation is 1. The van der Waals surface area contributed by atoms with E-state index in [-0.39, 0.29) is 6.04 Å². The molecule has 0 N–H and O–H groups in total. The monoisotopic (exact) mass is 382 g/mol. The molecule has 0 atom stereocenters. The van der Waals surface area contributed by atoms with Crippen LogP contribution in [0.1, 0.15) is 24.6 Å². The smallest absolute Gasteiger partial charge is 0.243 e. The van der Waals surface area contributed by atoms with Gasteiger partial charge in [-0.05, 0) is 44.0 Å². The van der Waals surface area contributed by atoms with Crippen molar-refractivity contribution in [3.63, 3.8) is 0 Å². The minimum atomic E-state index is -3.43. The summed E-state index contributed by atoms with van der Waals surface area (Å²) in [4.78, 5) is 9.12. The number of hydrogen-bond donors (Lipinski definition) is 0. The van der Waals surface area contributed by atoms with Gasteiger partial charge >= 0.3 is 0 Å². The van der Waals surface area contributed by atoms with Crippen molar-refractivity contribution in [2.75, 3.05) is 13.1 Å². The molecule has 3 aromatic rings. The van der Waals surface area contributed by atoms with Crippen molar-refractivity contribution in [1.29, 1.82) is 0 Å². The van der Waals surface area contributed by atoms with Gasteiger partial charge in [-0.25, -0.2) is 13.4 Å². The van der Waals surface area contributed by atoms with Gasteiger partial charge in [-0.3, -0.25) is 4.98 Å². The molecule has 27 heavy (non-hydrogen) atoms. The van der Waals surface area contributed by atoms with Gasteiger partial charge in [-0.1, -0.05) is 18.2 Å². The fourth-order valence-corrected chi connectivity index (χ4v) is 5.19. The van der Waals surface area contributed by atoms with Crippen LogP contribution >= 0.6 is 0 Å². The van der Waals surface area contributed by atoms with Gasteiger partial charge in [0.25, 0.3) is 0 Å². The standard InChI is InChI=1S/C20H22N4O2S/c1-16-14-22-20(17-6-5-11-21-15-17)24(16)18-9-12-23(13-10-18)27(25,26)19-7-3-2-4-8-19/h2-8,11,14-15,18H,9-10,12-13H2,1H3. The number of aromatic nitrogens is 3. The second-order valence-electron chi connectivity index (χ2n) is 6.78. The molecule has 2 aromatic heterocycles. The fourth-order valence-electron chi connectivity index (χ4n) is 3.70. The minimum Gasteiger partial charge on any atom is -0.325 e. The zero-order valence-corrected chi connectivity index (χ0v) is 16.0. The Morgan fingerprint density at radius 3 is 2.41 bits per heavy atom. The van der Waals surface area contributed by atoms with Gasteiger partial charge in [-0.15, -0.1) is 0 Å². The van der Waals surface area contributed by atoms with Crippen LogP contribution in [-0.2, 0) is 10.0 Å². The number of piperidine rings is 1. The van der Waals surface area contributed by atoms with E-state index >= 15 is 0 Å². The molecule has 1 saturated heterocycles. The molecule has 1 aromatic carbocycles. The van der Waals surface area contributed by atoms with Crippen LogP contribution < -0.4 is 0 Å². The van der Waals surface area contributed by atoms with Crippen molar-refractivity contribution in [3.8, 4) is 11.4 Å². The van der Waals surface area contributed by atoms with E-state index in [0.717, 1.165) is 29.9 Å². The summed E-state index contributed by atoms with van der Waals surface area (Å²) in [6, 6.07) is 12.8. The summed E-state index contributed by atoms with van der Waals surface area (Å²) >= 11 is 0. The number of rotatable bonds is 4. The fraction of sp³-hybridized carbons (Fsp3) is 0.300. The van der Waals surface area contributed by atoms with Crippen molar-refractivity contribution in [2.24, 2.45) is 0 Å². The Labute approximate surface area is 159 Å². The molecule has 7 heteroatoms.